The van der Waals surface area contributed by atoms with E-state index >= 15 is 0 Å². The minimum Gasteiger partial charge on any atom is -0.493 e. The highest BCUT2D eigenvalue weighted by Crippen LogP contribution is 2.48. The normalized spacial score (nSPS) is 23.2. The Hall–Kier alpha value is -2.54. The third-order valence-electron chi connectivity index (χ3n) is 6.27. The summed E-state index contributed by atoms with van der Waals surface area (Å²) in [6.45, 7) is 1.56. The first kappa shape index (κ1) is 20.7. The molecule has 2 aliphatic heterocycles. The van der Waals surface area contributed by atoms with E-state index in [0.29, 0.717) is 35.6 Å². The number of hydrogen-bond acceptors (Lipinski definition) is 4. The van der Waals surface area contributed by atoms with Gasteiger partial charge in [0.05, 0.1) is 13.2 Å². The number of ether oxygens (including phenoxy) is 1. The lowest BCUT2D eigenvalue weighted by Crippen LogP contribution is -2.58. The van der Waals surface area contributed by atoms with Gasteiger partial charge in [-0.15, -0.1) is 0 Å². The standard InChI is InChI=1S/C23H24F3NO3/c1-21(11-13-30-20-9-5-3-7-17(20)21)14-22(29,23(24,25)26)15-27-12-10-19(28)16-6-2-4-8-18(16)27/h2-9,29H,10-15H2,1H3. The lowest BCUT2D eigenvalue weighted by Gasteiger charge is -2.45. The number of alkyl halides is 3. The number of nitrogens with zero attached hydrogens (tertiary/aromatic N) is 1. The smallest absolute Gasteiger partial charge is 0.418 e. The molecule has 0 amide bonds. The van der Waals surface area contributed by atoms with Crippen LogP contribution < -0.4 is 9.64 Å². The van der Waals surface area contributed by atoms with Gasteiger partial charge < -0.3 is 14.7 Å². The van der Waals surface area contributed by atoms with Crippen LogP contribution in [0.3, 0.4) is 0 Å². The minimum absolute atomic E-state index is 0.0947. The zero-order chi connectivity index (χ0) is 21.6. The fourth-order valence-corrected chi connectivity index (χ4v) is 4.64. The van der Waals surface area contributed by atoms with E-state index in [1.54, 1.807) is 55.5 Å². The summed E-state index contributed by atoms with van der Waals surface area (Å²) >= 11 is 0. The molecule has 0 fully saturated rings. The molecule has 4 rings (SSSR count). The summed E-state index contributed by atoms with van der Waals surface area (Å²) in [7, 11) is 0. The molecule has 2 atom stereocenters. The monoisotopic (exact) mass is 419 g/mol. The molecule has 0 aromatic heterocycles. The van der Waals surface area contributed by atoms with Crippen LogP contribution in [0, 0.1) is 0 Å². The topological polar surface area (TPSA) is 49.8 Å². The van der Waals surface area contributed by atoms with Crippen LogP contribution in [0.15, 0.2) is 48.5 Å². The second-order valence-electron chi connectivity index (χ2n) is 8.47. The van der Waals surface area contributed by atoms with Crippen LogP contribution in [0.5, 0.6) is 5.75 Å². The van der Waals surface area contributed by atoms with E-state index in [4.69, 9.17) is 4.74 Å². The molecule has 160 valence electrons. The summed E-state index contributed by atoms with van der Waals surface area (Å²) in [5.41, 5.74) is -2.33. The average Bonchev–Trinajstić information content (AvgIpc) is 2.70. The van der Waals surface area contributed by atoms with Gasteiger partial charge in [-0.05, 0) is 31.0 Å². The zero-order valence-corrected chi connectivity index (χ0v) is 16.7. The van der Waals surface area contributed by atoms with Crippen molar-refractivity contribution in [2.75, 3.05) is 24.6 Å². The summed E-state index contributed by atoms with van der Waals surface area (Å²) in [6, 6.07) is 13.7. The van der Waals surface area contributed by atoms with Crippen LogP contribution in [0.2, 0.25) is 0 Å². The number of benzene rings is 2. The maximum Gasteiger partial charge on any atom is 0.418 e. The Morgan fingerprint density at radius 1 is 1.13 bits per heavy atom. The van der Waals surface area contributed by atoms with E-state index in [-0.39, 0.29) is 18.7 Å². The van der Waals surface area contributed by atoms with Crippen molar-refractivity contribution in [1.29, 1.82) is 0 Å². The molecule has 1 N–H and O–H groups in total. The summed E-state index contributed by atoms with van der Waals surface area (Å²) in [6.07, 6.45) is -4.83. The number of para-hydroxylation sites is 2. The fraction of sp³-hybridized carbons (Fsp3) is 0.435. The van der Waals surface area contributed by atoms with Gasteiger partial charge in [0.1, 0.15) is 5.75 Å². The Kier molecular flexibility index (Phi) is 5.04. The van der Waals surface area contributed by atoms with Crippen molar-refractivity contribution < 1.29 is 27.8 Å². The number of hydrogen-bond donors (Lipinski definition) is 1. The van der Waals surface area contributed by atoms with Gasteiger partial charge in [0.25, 0.3) is 0 Å². The quantitative estimate of drug-likeness (QED) is 0.793. The molecule has 30 heavy (non-hydrogen) atoms. The van der Waals surface area contributed by atoms with Gasteiger partial charge in [0.2, 0.25) is 0 Å². The van der Waals surface area contributed by atoms with Crippen molar-refractivity contribution in [3.05, 3.63) is 59.7 Å². The molecular formula is C23H24F3NO3. The number of rotatable bonds is 4. The molecular weight excluding hydrogens is 395 g/mol. The number of ketones is 1. The molecule has 2 aliphatic rings. The van der Waals surface area contributed by atoms with Crippen LogP contribution in [-0.4, -0.2) is 42.4 Å². The number of anilines is 1. The maximum atomic E-state index is 14.2. The molecule has 2 aromatic rings. The molecule has 0 bridgehead atoms. The molecule has 2 aromatic carbocycles. The van der Waals surface area contributed by atoms with Crippen molar-refractivity contribution in [2.24, 2.45) is 0 Å². The summed E-state index contributed by atoms with van der Waals surface area (Å²) in [4.78, 5) is 13.7. The fourth-order valence-electron chi connectivity index (χ4n) is 4.64. The van der Waals surface area contributed by atoms with Gasteiger partial charge in [0, 0.05) is 35.2 Å². The molecule has 2 heterocycles. The SMILES string of the molecule is CC1(CC(O)(CN2CCC(=O)c3ccccc32)C(F)(F)F)CCOc2ccccc21. The van der Waals surface area contributed by atoms with E-state index in [1.807, 2.05) is 0 Å². The third kappa shape index (κ3) is 3.55. The van der Waals surface area contributed by atoms with Gasteiger partial charge in [-0.25, -0.2) is 0 Å². The molecule has 0 spiro atoms. The second kappa shape index (κ2) is 7.30. The Morgan fingerprint density at radius 3 is 2.60 bits per heavy atom. The average molecular weight is 419 g/mol. The lowest BCUT2D eigenvalue weighted by atomic mass is 9.70. The molecule has 2 unspecified atom stereocenters. The highest BCUT2D eigenvalue weighted by molar-refractivity contribution is 6.03. The Balaban J connectivity index is 1.69. The first-order chi connectivity index (χ1) is 14.1. The van der Waals surface area contributed by atoms with E-state index in [9.17, 15) is 23.1 Å². The Labute approximate surface area is 173 Å². The van der Waals surface area contributed by atoms with Crippen molar-refractivity contribution in [2.45, 2.75) is 43.4 Å². The maximum absolute atomic E-state index is 14.2. The third-order valence-corrected chi connectivity index (χ3v) is 6.27. The van der Waals surface area contributed by atoms with E-state index in [1.165, 1.54) is 4.90 Å². The summed E-state index contributed by atoms with van der Waals surface area (Å²) in [5, 5.41) is 11.0. The van der Waals surface area contributed by atoms with Crippen LogP contribution >= 0.6 is 0 Å². The molecule has 7 heteroatoms. The largest absolute Gasteiger partial charge is 0.493 e. The first-order valence-corrected chi connectivity index (χ1v) is 10.0. The Morgan fingerprint density at radius 2 is 1.83 bits per heavy atom. The molecule has 0 aliphatic carbocycles. The van der Waals surface area contributed by atoms with Crippen molar-refractivity contribution in [3.63, 3.8) is 0 Å². The van der Waals surface area contributed by atoms with Crippen LogP contribution in [0.25, 0.3) is 0 Å². The van der Waals surface area contributed by atoms with Gasteiger partial charge in [-0.1, -0.05) is 37.3 Å². The van der Waals surface area contributed by atoms with E-state index < -0.39 is 30.2 Å². The molecule has 0 saturated heterocycles. The summed E-state index contributed by atoms with van der Waals surface area (Å²) in [5.74, 6) is 0.465. The van der Waals surface area contributed by atoms with Crippen LogP contribution in [0.4, 0.5) is 18.9 Å². The first-order valence-electron chi connectivity index (χ1n) is 10.0. The Bertz CT molecular complexity index is 961. The van der Waals surface area contributed by atoms with E-state index in [2.05, 4.69) is 0 Å². The van der Waals surface area contributed by atoms with Crippen molar-refractivity contribution >= 4 is 11.5 Å². The van der Waals surface area contributed by atoms with Crippen LogP contribution in [0.1, 0.15) is 42.1 Å². The number of carbonyl (C=O) groups excluding carboxylic acids is 1. The molecule has 4 nitrogen and oxygen atoms in total. The minimum atomic E-state index is -4.83. The highest BCUT2D eigenvalue weighted by atomic mass is 19.4. The number of aliphatic hydroxyl groups is 1. The zero-order valence-electron chi connectivity index (χ0n) is 16.7. The van der Waals surface area contributed by atoms with Gasteiger partial charge in [-0.2, -0.15) is 13.2 Å². The van der Waals surface area contributed by atoms with Gasteiger partial charge in [0.15, 0.2) is 11.4 Å². The number of halogens is 3. The highest BCUT2D eigenvalue weighted by Gasteiger charge is 2.58. The van der Waals surface area contributed by atoms with Gasteiger partial charge >= 0.3 is 6.18 Å². The van der Waals surface area contributed by atoms with Crippen molar-refractivity contribution in [1.82, 2.24) is 0 Å². The van der Waals surface area contributed by atoms with E-state index in [0.717, 1.165) is 0 Å². The predicted molar refractivity (Wildman–Crippen MR) is 107 cm³/mol. The lowest BCUT2D eigenvalue weighted by molar-refractivity contribution is -0.263. The summed E-state index contributed by atoms with van der Waals surface area (Å²) < 4.78 is 48.3. The molecule has 0 saturated carbocycles. The molecule has 0 radical (unpaired) electrons. The number of β-amino-alcohol motifs (C(OH)–C–C–N with tert-alkyl or cyclic N) is 1. The van der Waals surface area contributed by atoms with Crippen molar-refractivity contribution in [3.8, 4) is 5.75 Å². The number of fused-ring (bicyclic) bond motifs is 2. The second-order valence-corrected chi connectivity index (χ2v) is 8.47. The number of carbonyl (C=O) groups is 1. The predicted octanol–water partition coefficient (Wildman–Crippen LogP) is 4.50. The number of Topliss-reactive ketones (excluding diaryl/α,β-unsaturated/α-hetero) is 1. The van der Waals surface area contributed by atoms with Gasteiger partial charge in [-0.3, -0.25) is 4.79 Å². The van der Waals surface area contributed by atoms with Crippen LogP contribution in [-0.2, 0) is 5.41 Å².